The Morgan fingerprint density at radius 2 is 1.03 bits per heavy atom. The fourth-order valence-corrected chi connectivity index (χ4v) is 2.89. The SMILES string of the molecule is N#Cc1ccc(C=NNc2nnc(NN=Cc3ccc(C#N)cc3)c3ccccc23)cc1. The third-order valence-corrected chi connectivity index (χ3v) is 4.54. The van der Waals surface area contributed by atoms with E-state index in [0.717, 1.165) is 21.9 Å². The van der Waals surface area contributed by atoms with Crippen LogP contribution in [-0.2, 0) is 0 Å². The van der Waals surface area contributed by atoms with Crippen molar-refractivity contribution in [3.8, 4) is 12.1 Å². The molecule has 1 aromatic heterocycles. The van der Waals surface area contributed by atoms with Crippen LogP contribution in [-0.4, -0.2) is 22.6 Å². The number of anilines is 2. The fraction of sp³-hybridized carbons (Fsp3) is 0. The van der Waals surface area contributed by atoms with Crippen molar-refractivity contribution in [3.63, 3.8) is 0 Å². The summed E-state index contributed by atoms with van der Waals surface area (Å²) in [6.45, 7) is 0. The van der Waals surface area contributed by atoms with Crippen LogP contribution in [0.25, 0.3) is 10.8 Å². The van der Waals surface area contributed by atoms with E-state index >= 15 is 0 Å². The number of aromatic nitrogens is 2. The number of hydrogen-bond acceptors (Lipinski definition) is 8. The van der Waals surface area contributed by atoms with E-state index in [1.807, 2.05) is 48.5 Å². The summed E-state index contributed by atoms with van der Waals surface area (Å²) < 4.78 is 0. The Hall–Kier alpha value is -5.08. The number of hydrazone groups is 2. The van der Waals surface area contributed by atoms with Crippen LogP contribution in [0.15, 0.2) is 83.0 Å². The zero-order valence-corrected chi connectivity index (χ0v) is 16.8. The van der Waals surface area contributed by atoms with Gasteiger partial charge in [0.05, 0.1) is 35.7 Å². The van der Waals surface area contributed by atoms with E-state index in [0.29, 0.717) is 22.8 Å². The number of benzene rings is 3. The van der Waals surface area contributed by atoms with Crippen molar-refractivity contribution >= 4 is 34.8 Å². The molecule has 0 saturated heterocycles. The van der Waals surface area contributed by atoms with Gasteiger partial charge in [0.1, 0.15) is 0 Å². The summed E-state index contributed by atoms with van der Waals surface area (Å²) in [6, 6.07) is 26.0. The second-order valence-corrected chi connectivity index (χ2v) is 6.65. The molecule has 0 unspecified atom stereocenters. The van der Waals surface area contributed by atoms with Crippen LogP contribution in [0.4, 0.5) is 11.6 Å². The summed E-state index contributed by atoms with van der Waals surface area (Å²) in [4.78, 5) is 0. The smallest absolute Gasteiger partial charge is 0.176 e. The molecule has 0 bridgehead atoms. The zero-order chi connectivity index (χ0) is 22.2. The van der Waals surface area contributed by atoms with Crippen LogP contribution in [0, 0.1) is 22.7 Å². The molecule has 4 aromatic rings. The maximum absolute atomic E-state index is 8.87. The predicted molar refractivity (Wildman–Crippen MR) is 124 cm³/mol. The Balaban J connectivity index is 1.50. The molecular formula is C24H16N8. The van der Waals surface area contributed by atoms with E-state index < -0.39 is 0 Å². The number of nitrogens with zero attached hydrogens (tertiary/aromatic N) is 6. The van der Waals surface area contributed by atoms with Crippen molar-refractivity contribution in [2.45, 2.75) is 0 Å². The van der Waals surface area contributed by atoms with Crippen molar-refractivity contribution in [1.82, 2.24) is 10.2 Å². The second-order valence-electron chi connectivity index (χ2n) is 6.65. The lowest BCUT2D eigenvalue weighted by atomic mass is 10.2. The molecule has 0 radical (unpaired) electrons. The molecule has 0 aliphatic carbocycles. The quantitative estimate of drug-likeness (QED) is 0.358. The van der Waals surface area contributed by atoms with E-state index in [4.69, 9.17) is 10.5 Å². The molecular weight excluding hydrogens is 400 g/mol. The fourth-order valence-electron chi connectivity index (χ4n) is 2.89. The first-order chi connectivity index (χ1) is 15.8. The largest absolute Gasteiger partial charge is 0.259 e. The third kappa shape index (κ3) is 4.73. The molecule has 0 aliphatic heterocycles. The summed E-state index contributed by atoms with van der Waals surface area (Å²) in [6.07, 6.45) is 3.29. The lowest BCUT2D eigenvalue weighted by Crippen LogP contribution is -2.01. The predicted octanol–water partition coefficient (Wildman–Crippen LogP) is 4.27. The molecule has 3 aromatic carbocycles. The molecule has 1 heterocycles. The summed E-state index contributed by atoms with van der Waals surface area (Å²) in [7, 11) is 0. The van der Waals surface area contributed by atoms with Gasteiger partial charge in [0.15, 0.2) is 11.6 Å². The number of nitriles is 2. The van der Waals surface area contributed by atoms with E-state index in [1.165, 1.54) is 0 Å². The number of nitrogens with one attached hydrogen (secondary N) is 2. The van der Waals surface area contributed by atoms with Gasteiger partial charge < -0.3 is 0 Å². The van der Waals surface area contributed by atoms with E-state index in [-0.39, 0.29) is 0 Å². The Bertz CT molecular complexity index is 1270. The monoisotopic (exact) mass is 416 g/mol. The van der Waals surface area contributed by atoms with Gasteiger partial charge in [-0.05, 0) is 35.4 Å². The molecule has 0 spiro atoms. The van der Waals surface area contributed by atoms with Crippen molar-refractivity contribution < 1.29 is 0 Å². The van der Waals surface area contributed by atoms with E-state index in [1.54, 1.807) is 36.7 Å². The molecule has 8 nitrogen and oxygen atoms in total. The first kappa shape index (κ1) is 20.2. The average molecular weight is 416 g/mol. The first-order valence-corrected chi connectivity index (χ1v) is 9.61. The van der Waals surface area contributed by atoms with Crippen LogP contribution >= 0.6 is 0 Å². The highest BCUT2D eigenvalue weighted by Gasteiger charge is 2.08. The van der Waals surface area contributed by atoms with Gasteiger partial charge in [0, 0.05) is 10.8 Å². The van der Waals surface area contributed by atoms with Crippen LogP contribution in [0.5, 0.6) is 0 Å². The van der Waals surface area contributed by atoms with Gasteiger partial charge in [-0.3, -0.25) is 10.9 Å². The zero-order valence-electron chi connectivity index (χ0n) is 16.8. The molecule has 152 valence electrons. The number of hydrogen-bond donors (Lipinski definition) is 2. The van der Waals surface area contributed by atoms with Crippen LogP contribution < -0.4 is 10.9 Å². The lowest BCUT2D eigenvalue weighted by Gasteiger charge is -2.08. The van der Waals surface area contributed by atoms with E-state index in [2.05, 4.69) is 43.4 Å². The molecule has 0 aliphatic rings. The lowest BCUT2D eigenvalue weighted by molar-refractivity contribution is 1.03. The summed E-state index contributed by atoms with van der Waals surface area (Å²) in [5.41, 5.74) is 8.74. The Labute approximate surface area is 184 Å². The van der Waals surface area contributed by atoms with Gasteiger partial charge in [-0.15, -0.1) is 10.2 Å². The molecule has 0 amide bonds. The molecule has 2 N–H and O–H groups in total. The van der Waals surface area contributed by atoms with E-state index in [9.17, 15) is 0 Å². The Morgan fingerprint density at radius 3 is 1.41 bits per heavy atom. The highest BCUT2D eigenvalue weighted by Crippen LogP contribution is 2.25. The van der Waals surface area contributed by atoms with Crippen LogP contribution in [0.3, 0.4) is 0 Å². The highest BCUT2D eigenvalue weighted by molar-refractivity contribution is 5.98. The summed E-state index contributed by atoms with van der Waals surface area (Å²) in [5, 5.41) is 36.3. The summed E-state index contributed by atoms with van der Waals surface area (Å²) in [5.74, 6) is 1.01. The van der Waals surface area contributed by atoms with Gasteiger partial charge in [-0.25, -0.2) is 0 Å². The standard InChI is InChI=1S/C24H16N8/c25-13-17-5-9-19(10-6-17)15-27-29-23-21-3-1-2-4-22(21)24(32-31-23)30-28-16-20-11-7-18(14-26)8-12-20/h1-12,15-16H,(H,29,31)(H,30,32). The van der Waals surface area contributed by atoms with Gasteiger partial charge in [-0.2, -0.15) is 20.7 Å². The van der Waals surface area contributed by atoms with Crippen LogP contribution in [0.2, 0.25) is 0 Å². The average Bonchev–Trinajstić information content (AvgIpc) is 2.86. The molecule has 0 fully saturated rings. The van der Waals surface area contributed by atoms with Crippen molar-refractivity contribution in [3.05, 3.63) is 95.1 Å². The maximum atomic E-state index is 8.87. The minimum Gasteiger partial charge on any atom is -0.259 e. The maximum Gasteiger partial charge on any atom is 0.176 e. The second kappa shape index (κ2) is 9.61. The highest BCUT2D eigenvalue weighted by atomic mass is 15.4. The van der Waals surface area contributed by atoms with Crippen molar-refractivity contribution in [2.75, 3.05) is 10.9 Å². The first-order valence-electron chi connectivity index (χ1n) is 9.61. The van der Waals surface area contributed by atoms with Gasteiger partial charge >= 0.3 is 0 Å². The van der Waals surface area contributed by atoms with Gasteiger partial charge in [-0.1, -0.05) is 48.5 Å². The summed E-state index contributed by atoms with van der Waals surface area (Å²) >= 11 is 0. The Morgan fingerprint density at radius 1 is 0.625 bits per heavy atom. The topological polar surface area (TPSA) is 122 Å². The molecule has 32 heavy (non-hydrogen) atoms. The molecule has 4 rings (SSSR count). The van der Waals surface area contributed by atoms with Gasteiger partial charge in [0.25, 0.3) is 0 Å². The minimum atomic E-state index is 0.507. The third-order valence-electron chi connectivity index (χ3n) is 4.54. The normalized spacial score (nSPS) is 10.8. The van der Waals surface area contributed by atoms with Crippen molar-refractivity contribution in [2.24, 2.45) is 10.2 Å². The molecule has 8 heteroatoms. The number of fused-ring (bicyclic) bond motifs is 1. The molecule has 0 atom stereocenters. The number of rotatable bonds is 6. The minimum absolute atomic E-state index is 0.507. The van der Waals surface area contributed by atoms with Crippen LogP contribution in [0.1, 0.15) is 22.3 Å². The Kier molecular flexibility index (Phi) is 6.07. The van der Waals surface area contributed by atoms with Crippen molar-refractivity contribution in [1.29, 1.82) is 10.5 Å². The molecule has 0 saturated carbocycles. The van der Waals surface area contributed by atoms with Gasteiger partial charge in [0.2, 0.25) is 0 Å².